The molecule has 124 valence electrons. The third kappa shape index (κ3) is 4.73. The Hall–Kier alpha value is -2.53. The lowest BCUT2D eigenvalue weighted by molar-refractivity contribution is -0.126. The molecule has 24 heavy (non-hydrogen) atoms. The second-order valence-electron chi connectivity index (χ2n) is 5.87. The third-order valence-electron chi connectivity index (χ3n) is 4.01. The monoisotopic (exact) mass is 323 g/mol. The lowest BCUT2D eigenvalue weighted by Gasteiger charge is -2.22. The summed E-state index contributed by atoms with van der Waals surface area (Å²) in [5.41, 5.74) is 2.00. The average Bonchev–Trinajstić information content (AvgIpc) is 2.87. The summed E-state index contributed by atoms with van der Waals surface area (Å²) in [5.74, 6) is 0.272. The summed E-state index contributed by atoms with van der Waals surface area (Å²) in [5, 5.41) is 0. The van der Waals surface area contributed by atoms with Crippen LogP contribution in [0.2, 0.25) is 0 Å². The van der Waals surface area contributed by atoms with Crippen molar-refractivity contribution in [2.45, 2.75) is 6.42 Å². The molecule has 0 spiro atoms. The summed E-state index contributed by atoms with van der Waals surface area (Å²) in [6.07, 6.45) is 7.58. The van der Waals surface area contributed by atoms with Gasteiger partial charge >= 0.3 is 0 Å². The fourth-order valence-electron chi connectivity index (χ4n) is 2.78. The van der Waals surface area contributed by atoms with E-state index in [4.69, 9.17) is 4.74 Å². The molecule has 5 heteroatoms. The predicted molar refractivity (Wildman–Crippen MR) is 92.1 cm³/mol. The van der Waals surface area contributed by atoms with E-state index in [1.54, 1.807) is 18.6 Å². The molecular formula is C19H21N3O2. The number of hydrogen-bond acceptors (Lipinski definition) is 4. The van der Waals surface area contributed by atoms with Gasteiger partial charge in [0.05, 0.1) is 13.2 Å². The van der Waals surface area contributed by atoms with Gasteiger partial charge in [-0.15, -0.1) is 0 Å². The maximum Gasteiger partial charge on any atom is 0.246 e. The molecule has 1 aliphatic heterocycles. The smallest absolute Gasteiger partial charge is 0.246 e. The van der Waals surface area contributed by atoms with Crippen LogP contribution in [-0.2, 0) is 16.0 Å². The van der Waals surface area contributed by atoms with Gasteiger partial charge in [-0.1, -0.05) is 30.3 Å². The molecule has 0 aliphatic carbocycles. The predicted octanol–water partition coefficient (Wildman–Crippen LogP) is 2.21. The molecule has 0 radical (unpaired) electrons. The van der Waals surface area contributed by atoms with Gasteiger partial charge < -0.3 is 9.64 Å². The lowest BCUT2D eigenvalue weighted by Crippen LogP contribution is -2.35. The summed E-state index contributed by atoms with van der Waals surface area (Å²) in [7, 11) is 0. The van der Waals surface area contributed by atoms with E-state index >= 15 is 0 Å². The molecular weight excluding hydrogens is 302 g/mol. The number of rotatable bonds is 4. The highest BCUT2D eigenvalue weighted by Crippen LogP contribution is 2.13. The minimum atomic E-state index is 0.0250. The Balaban J connectivity index is 1.61. The zero-order valence-corrected chi connectivity index (χ0v) is 13.5. The number of carbonyl (C=O) groups excluding carboxylic acids is 1. The highest BCUT2D eigenvalue weighted by atomic mass is 16.5. The Morgan fingerprint density at radius 2 is 2.17 bits per heavy atom. The van der Waals surface area contributed by atoms with E-state index in [0.29, 0.717) is 26.3 Å². The number of ether oxygens (including phenoxy) is 1. The second kappa shape index (κ2) is 8.36. The Labute approximate surface area is 142 Å². The van der Waals surface area contributed by atoms with Gasteiger partial charge in [0.15, 0.2) is 0 Å². The number of hydrogen-bond donors (Lipinski definition) is 0. The first-order valence-corrected chi connectivity index (χ1v) is 8.16. The van der Waals surface area contributed by atoms with Crippen molar-refractivity contribution in [1.29, 1.82) is 0 Å². The fourth-order valence-corrected chi connectivity index (χ4v) is 2.78. The van der Waals surface area contributed by atoms with Gasteiger partial charge in [0.1, 0.15) is 6.33 Å². The zero-order valence-electron chi connectivity index (χ0n) is 13.5. The lowest BCUT2D eigenvalue weighted by atomic mass is 10.0. The van der Waals surface area contributed by atoms with Crippen molar-refractivity contribution in [2.75, 3.05) is 26.3 Å². The molecule has 2 aromatic rings. The minimum Gasteiger partial charge on any atom is -0.379 e. The molecule has 0 N–H and O–H groups in total. The van der Waals surface area contributed by atoms with Crippen molar-refractivity contribution >= 4 is 12.0 Å². The Bertz CT molecular complexity index is 674. The van der Waals surface area contributed by atoms with Crippen molar-refractivity contribution in [3.05, 3.63) is 66.3 Å². The molecule has 0 bridgehead atoms. The molecule has 1 amide bonds. The van der Waals surface area contributed by atoms with E-state index in [1.807, 2.05) is 47.4 Å². The Morgan fingerprint density at radius 1 is 1.29 bits per heavy atom. The number of aromatic nitrogens is 2. The van der Waals surface area contributed by atoms with Gasteiger partial charge in [0.2, 0.25) is 5.91 Å². The van der Waals surface area contributed by atoms with Crippen LogP contribution < -0.4 is 0 Å². The minimum absolute atomic E-state index is 0.0250. The Morgan fingerprint density at radius 3 is 2.96 bits per heavy atom. The van der Waals surface area contributed by atoms with Gasteiger partial charge in [0.25, 0.3) is 0 Å². The van der Waals surface area contributed by atoms with Gasteiger partial charge in [-0.05, 0) is 24.1 Å². The van der Waals surface area contributed by atoms with E-state index in [0.717, 1.165) is 17.7 Å². The normalized spacial score (nSPS) is 18.5. The summed E-state index contributed by atoms with van der Waals surface area (Å²) in [6, 6.07) is 11.7. The van der Waals surface area contributed by atoms with Gasteiger partial charge in [-0.3, -0.25) is 4.79 Å². The van der Waals surface area contributed by atoms with E-state index < -0.39 is 0 Å². The van der Waals surface area contributed by atoms with Gasteiger partial charge in [-0.25, -0.2) is 9.97 Å². The van der Waals surface area contributed by atoms with Crippen molar-refractivity contribution in [3.8, 4) is 0 Å². The molecule has 1 saturated heterocycles. The number of carbonyl (C=O) groups is 1. The maximum absolute atomic E-state index is 12.5. The van der Waals surface area contributed by atoms with Crippen molar-refractivity contribution in [3.63, 3.8) is 0 Å². The van der Waals surface area contributed by atoms with E-state index in [9.17, 15) is 4.79 Å². The third-order valence-corrected chi connectivity index (χ3v) is 4.01. The molecule has 1 aromatic carbocycles. The van der Waals surface area contributed by atoms with E-state index in [2.05, 4.69) is 9.97 Å². The van der Waals surface area contributed by atoms with Crippen LogP contribution in [0.25, 0.3) is 6.08 Å². The molecule has 3 rings (SSSR count). The van der Waals surface area contributed by atoms with Crippen molar-refractivity contribution in [1.82, 2.24) is 14.9 Å². The van der Waals surface area contributed by atoms with Crippen LogP contribution >= 0.6 is 0 Å². The summed E-state index contributed by atoms with van der Waals surface area (Å²) < 4.78 is 5.66. The topological polar surface area (TPSA) is 55.3 Å². The molecule has 2 heterocycles. The van der Waals surface area contributed by atoms with Crippen LogP contribution in [0, 0.1) is 5.92 Å². The first-order valence-electron chi connectivity index (χ1n) is 8.16. The quantitative estimate of drug-likeness (QED) is 0.810. The van der Waals surface area contributed by atoms with Crippen LogP contribution in [0.5, 0.6) is 0 Å². The largest absolute Gasteiger partial charge is 0.379 e. The summed E-state index contributed by atoms with van der Waals surface area (Å²) in [4.78, 5) is 22.5. The number of amides is 1. The Kier molecular flexibility index (Phi) is 5.69. The summed E-state index contributed by atoms with van der Waals surface area (Å²) >= 11 is 0. The molecule has 1 aliphatic rings. The molecule has 0 unspecified atom stereocenters. The molecule has 1 fully saturated rings. The van der Waals surface area contributed by atoms with E-state index in [-0.39, 0.29) is 11.8 Å². The SMILES string of the molecule is O=C(/C=C/c1ccccc1)N1CCOC[C@H](Cc2ccncn2)C1. The van der Waals surface area contributed by atoms with Gasteiger partial charge in [0, 0.05) is 37.0 Å². The molecule has 1 atom stereocenters. The van der Waals surface area contributed by atoms with Crippen LogP contribution in [0.1, 0.15) is 11.3 Å². The summed E-state index contributed by atoms with van der Waals surface area (Å²) in [6.45, 7) is 2.53. The number of benzene rings is 1. The first kappa shape index (κ1) is 16.3. The van der Waals surface area contributed by atoms with E-state index in [1.165, 1.54) is 0 Å². The van der Waals surface area contributed by atoms with Crippen LogP contribution in [0.15, 0.2) is 55.0 Å². The highest BCUT2D eigenvalue weighted by Gasteiger charge is 2.21. The van der Waals surface area contributed by atoms with Crippen LogP contribution in [0.3, 0.4) is 0 Å². The fraction of sp³-hybridized carbons (Fsp3) is 0.316. The molecule has 1 aromatic heterocycles. The highest BCUT2D eigenvalue weighted by molar-refractivity contribution is 5.91. The second-order valence-corrected chi connectivity index (χ2v) is 5.87. The molecule has 5 nitrogen and oxygen atoms in total. The zero-order chi connectivity index (χ0) is 16.6. The van der Waals surface area contributed by atoms with Crippen molar-refractivity contribution < 1.29 is 9.53 Å². The average molecular weight is 323 g/mol. The number of nitrogens with zero attached hydrogens (tertiary/aromatic N) is 3. The molecule has 0 saturated carbocycles. The van der Waals surface area contributed by atoms with Crippen LogP contribution in [-0.4, -0.2) is 47.1 Å². The standard InChI is InChI=1S/C19H21N3O2/c23-19(7-6-16-4-2-1-3-5-16)22-10-11-24-14-17(13-22)12-18-8-9-20-15-21-18/h1-9,15,17H,10-14H2/b7-6+/t17-/m1/s1. The van der Waals surface area contributed by atoms with Gasteiger partial charge in [-0.2, -0.15) is 0 Å². The first-order chi connectivity index (χ1) is 11.8. The van der Waals surface area contributed by atoms with Crippen LogP contribution in [0.4, 0.5) is 0 Å². The van der Waals surface area contributed by atoms with Crippen molar-refractivity contribution in [2.24, 2.45) is 5.92 Å². The maximum atomic E-state index is 12.5.